The summed E-state index contributed by atoms with van der Waals surface area (Å²) < 4.78 is 5.76. The van der Waals surface area contributed by atoms with E-state index < -0.39 is 5.91 Å². The molecule has 20 heavy (non-hydrogen) atoms. The molecule has 0 spiro atoms. The molecule has 0 saturated heterocycles. The average Bonchev–Trinajstić information content (AvgIpc) is 2.52. The van der Waals surface area contributed by atoms with Gasteiger partial charge in [-0.05, 0) is 30.2 Å². The highest BCUT2D eigenvalue weighted by molar-refractivity contribution is 5.91. The summed E-state index contributed by atoms with van der Waals surface area (Å²) in [5, 5.41) is 0. The molecule has 1 amide bonds. The fourth-order valence-electron chi connectivity index (χ4n) is 1.85. The molecular weight excluding hydrogens is 254 g/mol. The zero-order valence-corrected chi connectivity index (χ0v) is 11.3. The maximum atomic E-state index is 11.4. The first-order valence-electron chi connectivity index (χ1n) is 6.42. The fourth-order valence-corrected chi connectivity index (χ4v) is 1.85. The zero-order chi connectivity index (χ0) is 14.4. The Morgan fingerprint density at radius 2 is 2.05 bits per heavy atom. The summed E-state index contributed by atoms with van der Waals surface area (Å²) in [7, 11) is 0. The highest BCUT2D eigenvalue weighted by Gasteiger charge is 2.07. The Morgan fingerprint density at radius 1 is 1.25 bits per heavy atom. The van der Waals surface area contributed by atoms with Crippen molar-refractivity contribution >= 4 is 5.91 Å². The number of carbonyl (C=O) groups excluding carboxylic acids is 1. The topological polar surface area (TPSA) is 77.2 Å². The van der Waals surface area contributed by atoms with Crippen molar-refractivity contribution in [2.75, 3.05) is 0 Å². The predicted octanol–water partition coefficient (Wildman–Crippen LogP) is 1.83. The molecule has 0 aliphatic heterocycles. The molecule has 1 heterocycles. The normalized spacial score (nSPS) is 10.1. The molecule has 0 aliphatic rings. The SMILES string of the molecule is CCc1ccccc1OCc1cccc(C(=O)NN)n1. The molecule has 0 radical (unpaired) electrons. The van der Waals surface area contributed by atoms with Crippen LogP contribution in [0.15, 0.2) is 42.5 Å². The number of nitrogen functional groups attached to an aromatic ring is 1. The number of pyridine rings is 1. The van der Waals surface area contributed by atoms with Gasteiger partial charge in [0.25, 0.3) is 5.91 Å². The molecule has 1 aromatic heterocycles. The second-order valence-corrected chi connectivity index (χ2v) is 4.24. The van der Waals surface area contributed by atoms with Crippen molar-refractivity contribution in [2.24, 2.45) is 5.84 Å². The molecule has 1 aromatic carbocycles. The summed E-state index contributed by atoms with van der Waals surface area (Å²) in [6, 6.07) is 13.0. The van der Waals surface area contributed by atoms with Crippen LogP contribution in [0, 0.1) is 0 Å². The number of ether oxygens (including phenoxy) is 1. The lowest BCUT2D eigenvalue weighted by Gasteiger charge is -2.10. The third-order valence-corrected chi connectivity index (χ3v) is 2.90. The summed E-state index contributed by atoms with van der Waals surface area (Å²) in [4.78, 5) is 15.6. The number of hydrogen-bond acceptors (Lipinski definition) is 4. The van der Waals surface area contributed by atoms with E-state index in [1.165, 1.54) is 0 Å². The molecule has 0 aliphatic carbocycles. The lowest BCUT2D eigenvalue weighted by molar-refractivity contribution is 0.0948. The van der Waals surface area contributed by atoms with Crippen LogP contribution >= 0.6 is 0 Å². The Hall–Kier alpha value is -2.40. The van der Waals surface area contributed by atoms with Crippen LogP contribution in [-0.2, 0) is 13.0 Å². The van der Waals surface area contributed by atoms with Crippen LogP contribution in [0.5, 0.6) is 5.75 Å². The molecule has 0 atom stereocenters. The Morgan fingerprint density at radius 3 is 2.80 bits per heavy atom. The fraction of sp³-hybridized carbons (Fsp3) is 0.200. The van der Waals surface area contributed by atoms with Gasteiger partial charge in [-0.25, -0.2) is 10.8 Å². The maximum absolute atomic E-state index is 11.4. The van der Waals surface area contributed by atoms with Crippen LogP contribution in [0.4, 0.5) is 0 Å². The van der Waals surface area contributed by atoms with Crippen molar-refractivity contribution in [2.45, 2.75) is 20.0 Å². The minimum absolute atomic E-state index is 0.275. The molecule has 5 heteroatoms. The van der Waals surface area contributed by atoms with Gasteiger partial charge in [0.15, 0.2) is 0 Å². The second-order valence-electron chi connectivity index (χ2n) is 4.24. The maximum Gasteiger partial charge on any atom is 0.283 e. The first-order chi connectivity index (χ1) is 9.74. The Bertz CT molecular complexity index is 599. The van der Waals surface area contributed by atoms with E-state index in [9.17, 15) is 4.79 Å². The van der Waals surface area contributed by atoms with Crippen LogP contribution in [0.3, 0.4) is 0 Å². The Balaban J connectivity index is 2.09. The molecule has 0 fully saturated rings. The van der Waals surface area contributed by atoms with Crippen molar-refractivity contribution in [3.05, 3.63) is 59.4 Å². The molecule has 2 rings (SSSR count). The summed E-state index contributed by atoms with van der Waals surface area (Å²) in [5.41, 5.74) is 4.15. The smallest absolute Gasteiger partial charge is 0.283 e. The number of rotatable bonds is 5. The number of para-hydroxylation sites is 1. The van der Waals surface area contributed by atoms with E-state index in [2.05, 4.69) is 17.3 Å². The second kappa shape index (κ2) is 6.68. The molecule has 0 unspecified atom stereocenters. The van der Waals surface area contributed by atoms with Gasteiger partial charge >= 0.3 is 0 Å². The van der Waals surface area contributed by atoms with Gasteiger partial charge in [-0.15, -0.1) is 0 Å². The van der Waals surface area contributed by atoms with E-state index in [1.807, 2.05) is 30.3 Å². The number of nitrogens with two attached hydrogens (primary N) is 1. The lowest BCUT2D eigenvalue weighted by Crippen LogP contribution is -2.30. The number of hydrogen-bond donors (Lipinski definition) is 2. The molecule has 0 saturated carbocycles. The molecule has 5 nitrogen and oxygen atoms in total. The van der Waals surface area contributed by atoms with E-state index in [-0.39, 0.29) is 5.69 Å². The van der Waals surface area contributed by atoms with Gasteiger partial charge in [-0.1, -0.05) is 31.2 Å². The summed E-state index contributed by atoms with van der Waals surface area (Å²) >= 11 is 0. The zero-order valence-electron chi connectivity index (χ0n) is 11.3. The molecule has 104 valence electrons. The minimum atomic E-state index is -0.416. The number of nitrogens with zero attached hydrogens (tertiary/aromatic N) is 1. The van der Waals surface area contributed by atoms with Crippen LogP contribution < -0.4 is 16.0 Å². The summed E-state index contributed by atoms with van der Waals surface area (Å²) in [6.07, 6.45) is 0.902. The van der Waals surface area contributed by atoms with Crippen LogP contribution in [0.25, 0.3) is 0 Å². The Kier molecular flexibility index (Phi) is 4.68. The van der Waals surface area contributed by atoms with Crippen LogP contribution in [0.2, 0.25) is 0 Å². The first kappa shape index (κ1) is 14.0. The van der Waals surface area contributed by atoms with E-state index >= 15 is 0 Å². The lowest BCUT2D eigenvalue weighted by atomic mass is 10.1. The van der Waals surface area contributed by atoms with Gasteiger partial charge < -0.3 is 4.74 Å². The number of amides is 1. The van der Waals surface area contributed by atoms with Gasteiger partial charge in [0.1, 0.15) is 18.1 Å². The number of benzene rings is 1. The van der Waals surface area contributed by atoms with Gasteiger partial charge in [-0.2, -0.15) is 0 Å². The summed E-state index contributed by atoms with van der Waals surface area (Å²) in [6.45, 7) is 2.38. The standard InChI is InChI=1S/C15H17N3O2/c1-2-11-6-3-4-9-14(11)20-10-12-7-5-8-13(17-12)15(19)18-16/h3-9H,2,10,16H2,1H3,(H,18,19). The van der Waals surface area contributed by atoms with E-state index in [1.54, 1.807) is 12.1 Å². The van der Waals surface area contributed by atoms with Crippen molar-refractivity contribution in [3.63, 3.8) is 0 Å². The number of hydrazine groups is 1. The molecular formula is C15H17N3O2. The average molecular weight is 271 g/mol. The third-order valence-electron chi connectivity index (χ3n) is 2.90. The molecule has 0 bridgehead atoms. The third kappa shape index (κ3) is 3.33. The van der Waals surface area contributed by atoms with Gasteiger partial charge in [-0.3, -0.25) is 10.2 Å². The molecule has 3 N–H and O–H groups in total. The number of aryl methyl sites for hydroxylation is 1. The highest BCUT2D eigenvalue weighted by atomic mass is 16.5. The first-order valence-corrected chi connectivity index (χ1v) is 6.42. The monoisotopic (exact) mass is 271 g/mol. The van der Waals surface area contributed by atoms with E-state index in [0.29, 0.717) is 12.3 Å². The van der Waals surface area contributed by atoms with E-state index in [0.717, 1.165) is 17.7 Å². The van der Waals surface area contributed by atoms with Crippen molar-refractivity contribution in [1.29, 1.82) is 0 Å². The van der Waals surface area contributed by atoms with Gasteiger partial charge in [0.05, 0.1) is 5.69 Å². The van der Waals surface area contributed by atoms with Crippen LogP contribution in [-0.4, -0.2) is 10.9 Å². The molecule has 2 aromatic rings. The number of nitrogens with one attached hydrogen (secondary N) is 1. The van der Waals surface area contributed by atoms with Crippen molar-refractivity contribution in [1.82, 2.24) is 10.4 Å². The van der Waals surface area contributed by atoms with Crippen molar-refractivity contribution < 1.29 is 9.53 Å². The van der Waals surface area contributed by atoms with Gasteiger partial charge in [0, 0.05) is 0 Å². The van der Waals surface area contributed by atoms with Crippen LogP contribution in [0.1, 0.15) is 28.7 Å². The number of carbonyl (C=O) groups is 1. The summed E-state index contributed by atoms with van der Waals surface area (Å²) in [5.74, 6) is 5.51. The minimum Gasteiger partial charge on any atom is -0.487 e. The number of aromatic nitrogens is 1. The van der Waals surface area contributed by atoms with Crippen molar-refractivity contribution in [3.8, 4) is 5.75 Å². The largest absolute Gasteiger partial charge is 0.487 e. The highest BCUT2D eigenvalue weighted by Crippen LogP contribution is 2.19. The quantitative estimate of drug-likeness (QED) is 0.494. The predicted molar refractivity (Wildman–Crippen MR) is 76.0 cm³/mol. The van der Waals surface area contributed by atoms with Gasteiger partial charge in [0.2, 0.25) is 0 Å². The van der Waals surface area contributed by atoms with E-state index in [4.69, 9.17) is 10.6 Å². The Labute approximate surface area is 117 Å².